The fraction of sp³-hybridized carbons (Fsp3) is 0.192. The van der Waals surface area contributed by atoms with Crippen LogP contribution >= 0.6 is 0 Å². The minimum atomic E-state index is -0.783. The maximum atomic E-state index is 14.9. The minimum Gasteiger partial charge on any atom is -0.384 e. The lowest BCUT2D eigenvalue weighted by molar-refractivity contribution is -0.119. The second-order valence-electron chi connectivity index (χ2n) is 8.14. The first kappa shape index (κ1) is 23.0. The van der Waals surface area contributed by atoms with E-state index in [4.69, 9.17) is 11.1 Å². The summed E-state index contributed by atoms with van der Waals surface area (Å²) in [4.78, 5) is 26.9. The number of halogens is 1. The fourth-order valence-electron chi connectivity index (χ4n) is 3.97. The molecule has 3 aromatic carbocycles. The highest BCUT2D eigenvalue weighted by Gasteiger charge is 2.24. The summed E-state index contributed by atoms with van der Waals surface area (Å²) in [6.45, 7) is 0.487. The maximum Gasteiger partial charge on any atom is 0.251 e. The number of hydrogen-bond donors (Lipinski definition) is 4. The van der Waals surface area contributed by atoms with Crippen LogP contribution in [-0.2, 0) is 9.59 Å². The summed E-state index contributed by atoms with van der Waals surface area (Å²) >= 11 is 0. The quantitative estimate of drug-likeness (QED) is 0.310. The number of carbonyl (C=O) groups is 2. The van der Waals surface area contributed by atoms with Gasteiger partial charge in [-0.1, -0.05) is 42.5 Å². The largest absolute Gasteiger partial charge is 0.384 e. The van der Waals surface area contributed by atoms with E-state index >= 15 is 0 Å². The van der Waals surface area contributed by atoms with Gasteiger partial charge >= 0.3 is 0 Å². The van der Waals surface area contributed by atoms with Crippen molar-refractivity contribution in [1.82, 2.24) is 0 Å². The molecule has 5 N–H and O–H groups in total. The zero-order valence-corrected chi connectivity index (χ0v) is 18.6. The number of amidine groups is 1. The number of nitrogens with one attached hydrogen (secondary N) is 3. The van der Waals surface area contributed by atoms with Crippen LogP contribution < -0.4 is 21.3 Å². The van der Waals surface area contributed by atoms with Crippen molar-refractivity contribution in [2.24, 2.45) is 5.73 Å². The van der Waals surface area contributed by atoms with E-state index in [9.17, 15) is 14.0 Å². The molecule has 0 saturated carbocycles. The van der Waals surface area contributed by atoms with Crippen LogP contribution in [0.2, 0.25) is 0 Å². The maximum absolute atomic E-state index is 14.9. The molecule has 4 rings (SSSR count). The number of piperidine rings is 1. The molecule has 0 spiro atoms. The van der Waals surface area contributed by atoms with Gasteiger partial charge in [-0.05, 0) is 48.7 Å². The molecule has 34 heavy (non-hydrogen) atoms. The lowest BCUT2D eigenvalue weighted by Gasteiger charge is -2.27. The first-order valence-electron chi connectivity index (χ1n) is 11.1. The van der Waals surface area contributed by atoms with E-state index in [1.807, 2.05) is 30.3 Å². The molecule has 0 aromatic heterocycles. The van der Waals surface area contributed by atoms with Crippen LogP contribution in [0, 0.1) is 11.2 Å². The van der Waals surface area contributed by atoms with Gasteiger partial charge in [0, 0.05) is 29.9 Å². The molecule has 3 aromatic rings. The molecule has 0 aliphatic carbocycles. The number of nitrogens with zero attached hydrogens (tertiary/aromatic N) is 1. The van der Waals surface area contributed by atoms with Crippen molar-refractivity contribution >= 4 is 34.7 Å². The molecular weight excluding hydrogens is 433 g/mol. The third kappa shape index (κ3) is 5.23. The fourth-order valence-corrected chi connectivity index (χ4v) is 3.97. The average Bonchev–Trinajstić information content (AvgIpc) is 2.84. The van der Waals surface area contributed by atoms with Gasteiger partial charge in [0.1, 0.15) is 17.7 Å². The monoisotopic (exact) mass is 459 g/mol. The minimum absolute atomic E-state index is 0.0767. The Hall–Kier alpha value is -4.20. The van der Waals surface area contributed by atoms with Gasteiger partial charge in [0.05, 0.1) is 5.69 Å². The van der Waals surface area contributed by atoms with E-state index < -0.39 is 11.9 Å². The van der Waals surface area contributed by atoms with Gasteiger partial charge in [0.2, 0.25) is 5.91 Å². The lowest BCUT2D eigenvalue weighted by atomic mass is 10.0. The molecule has 0 bridgehead atoms. The SMILES string of the molecule is N=C(N)c1cccc(N[C@H](C(=O)Nc2ccc(N3CCCCC3=O)c(F)c2)c2ccccc2)c1. The van der Waals surface area contributed by atoms with Crippen LogP contribution in [0.1, 0.15) is 36.4 Å². The molecule has 8 heteroatoms. The second-order valence-corrected chi connectivity index (χ2v) is 8.14. The van der Waals surface area contributed by atoms with Crippen LogP contribution in [0.25, 0.3) is 0 Å². The van der Waals surface area contributed by atoms with E-state index in [1.165, 1.54) is 17.0 Å². The van der Waals surface area contributed by atoms with Crippen LogP contribution in [0.3, 0.4) is 0 Å². The van der Waals surface area contributed by atoms with Crippen molar-refractivity contribution in [2.75, 3.05) is 22.1 Å². The smallest absolute Gasteiger partial charge is 0.251 e. The first-order chi connectivity index (χ1) is 16.4. The number of carbonyl (C=O) groups excluding carboxylic acids is 2. The summed E-state index contributed by atoms with van der Waals surface area (Å²) in [5.74, 6) is -1.12. The summed E-state index contributed by atoms with van der Waals surface area (Å²) in [6.07, 6.45) is 2.06. The Morgan fingerprint density at radius 2 is 1.79 bits per heavy atom. The lowest BCUT2D eigenvalue weighted by Crippen LogP contribution is -2.35. The van der Waals surface area contributed by atoms with Crippen LogP contribution in [0.4, 0.5) is 21.5 Å². The highest BCUT2D eigenvalue weighted by Crippen LogP contribution is 2.28. The van der Waals surface area contributed by atoms with Crippen LogP contribution in [0.5, 0.6) is 0 Å². The first-order valence-corrected chi connectivity index (χ1v) is 11.1. The Morgan fingerprint density at radius 1 is 1.00 bits per heavy atom. The molecular formula is C26H26FN5O2. The van der Waals surface area contributed by atoms with Crippen molar-refractivity contribution in [3.63, 3.8) is 0 Å². The topological polar surface area (TPSA) is 111 Å². The number of hydrogen-bond acceptors (Lipinski definition) is 4. The second kappa shape index (κ2) is 10.2. The van der Waals surface area contributed by atoms with E-state index in [2.05, 4.69) is 10.6 Å². The molecule has 1 fully saturated rings. The summed E-state index contributed by atoms with van der Waals surface area (Å²) in [7, 11) is 0. The number of nitrogen functional groups attached to an aromatic ring is 1. The van der Waals surface area contributed by atoms with Gasteiger partial charge in [-0.2, -0.15) is 0 Å². The third-order valence-corrected chi connectivity index (χ3v) is 5.71. The third-order valence-electron chi connectivity index (χ3n) is 5.71. The molecule has 0 radical (unpaired) electrons. The van der Waals surface area contributed by atoms with Crippen molar-refractivity contribution in [3.05, 3.63) is 89.7 Å². The van der Waals surface area contributed by atoms with E-state index in [1.54, 1.807) is 30.3 Å². The van der Waals surface area contributed by atoms with Crippen LogP contribution in [0.15, 0.2) is 72.8 Å². The van der Waals surface area contributed by atoms with E-state index in [-0.39, 0.29) is 29.0 Å². The summed E-state index contributed by atoms with van der Waals surface area (Å²) in [6, 6.07) is 19.6. The molecule has 1 aliphatic heterocycles. The highest BCUT2D eigenvalue weighted by molar-refractivity contribution is 5.99. The van der Waals surface area contributed by atoms with E-state index in [0.717, 1.165) is 12.8 Å². The Morgan fingerprint density at radius 3 is 2.50 bits per heavy atom. The summed E-state index contributed by atoms with van der Waals surface area (Å²) in [5, 5.41) is 13.6. The molecule has 1 saturated heterocycles. The number of rotatable bonds is 7. The number of amides is 2. The predicted octanol–water partition coefficient (Wildman–Crippen LogP) is 4.42. The summed E-state index contributed by atoms with van der Waals surface area (Å²) in [5.41, 5.74) is 7.96. The Bertz CT molecular complexity index is 1210. The zero-order valence-electron chi connectivity index (χ0n) is 18.6. The Labute approximate surface area is 197 Å². The van der Waals surface area contributed by atoms with Crippen molar-refractivity contribution in [2.45, 2.75) is 25.3 Å². The number of nitrogens with two attached hydrogens (primary N) is 1. The Balaban J connectivity index is 1.56. The van der Waals surface area contributed by atoms with Gasteiger partial charge in [0.15, 0.2) is 0 Å². The van der Waals surface area contributed by atoms with Gasteiger partial charge in [-0.3, -0.25) is 15.0 Å². The molecule has 7 nitrogen and oxygen atoms in total. The van der Waals surface area contributed by atoms with Gasteiger partial charge in [-0.15, -0.1) is 0 Å². The number of anilines is 3. The number of benzene rings is 3. The van der Waals surface area contributed by atoms with Crippen LogP contribution in [-0.4, -0.2) is 24.2 Å². The molecule has 1 aliphatic rings. The van der Waals surface area contributed by atoms with Gasteiger partial charge in [-0.25, -0.2) is 4.39 Å². The molecule has 174 valence electrons. The molecule has 1 atom stereocenters. The Kier molecular flexibility index (Phi) is 6.87. The molecule has 0 unspecified atom stereocenters. The highest BCUT2D eigenvalue weighted by atomic mass is 19.1. The normalized spacial score (nSPS) is 14.4. The average molecular weight is 460 g/mol. The van der Waals surface area contributed by atoms with Gasteiger partial charge < -0.3 is 21.3 Å². The summed E-state index contributed by atoms with van der Waals surface area (Å²) < 4.78 is 14.9. The molecule has 1 heterocycles. The van der Waals surface area contributed by atoms with Crippen molar-refractivity contribution in [3.8, 4) is 0 Å². The zero-order chi connectivity index (χ0) is 24.1. The predicted molar refractivity (Wildman–Crippen MR) is 131 cm³/mol. The van der Waals surface area contributed by atoms with Crippen molar-refractivity contribution in [1.29, 1.82) is 5.41 Å². The van der Waals surface area contributed by atoms with Crippen molar-refractivity contribution < 1.29 is 14.0 Å². The molecule has 2 amide bonds. The van der Waals surface area contributed by atoms with Gasteiger partial charge in [0.25, 0.3) is 5.91 Å². The standard InChI is InChI=1S/C26H26FN5O2/c27-21-16-20(12-13-22(21)32-14-5-4-11-23(32)33)31-26(34)24(17-7-2-1-3-8-17)30-19-10-6-9-18(15-19)25(28)29/h1-3,6-10,12-13,15-16,24,30H,4-5,11,14H2,(H3,28,29)(H,31,34)/t24-/m0/s1. The van der Waals surface area contributed by atoms with E-state index in [0.29, 0.717) is 29.8 Å².